The predicted molar refractivity (Wildman–Crippen MR) is 82.5 cm³/mol. The van der Waals surface area contributed by atoms with Crippen molar-refractivity contribution in [2.24, 2.45) is 0 Å². The second kappa shape index (κ2) is 7.79. The maximum Gasteiger partial charge on any atom is 0.326 e. The minimum absolute atomic E-state index is 0.400. The largest absolute Gasteiger partial charge is 0.480 e. The van der Waals surface area contributed by atoms with Crippen LogP contribution < -0.4 is 10.6 Å². The number of aliphatic carboxylic acids is 1. The molecule has 6 heteroatoms. The lowest BCUT2D eigenvalue weighted by atomic mass is 10.1. The van der Waals surface area contributed by atoms with Crippen LogP contribution in [0.1, 0.15) is 17.5 Å². The molecule has 110 valence electrons. The van der Waals surface area contributed by atoms with Gasteiger partial charge in [-0.25, -0.2) is 9.59 Å². The van der Waals surface area contributed by atoms with Crippen molar-refractivity contribution >= 4 is 29.4 Å². The molecule has 0 fully saturated rings. The van der Waals surface area contributed by atoms with E-state index >= 15 is 0 Å². The zero-order valence-electron chi connectivity index (χ0n) is 11.9. The van der Waals surface area contributed by atoms with Crippen LogP contribution in [-0.4, -0.2) is 35.2 Å². The highest BCUT2D eigenvalue weighted by Crippen LogP contribution is 2.14. The first-order valence-corrected chi connectivity index (χ1v) is 7.70. The molecular formula is C14H20N2O3S. The van der Waals surface area contributed by atoms with Crippen LogP contribution in [0, 0.1) is 13.8 Å². The van der Waals surface area contributed by atoms with Crippen LogP contribution in [0.5, 0.6) is 0 Å². The van der Waals surface area contributed by atoms with E-state index in [-0.39, 0.29) is 0 Å². The smallest absolute Gasteiger partial charge is 0.326 e. The fourth-order valence-corrected chi connectivity index (χ4v) is 2.11. The maximum atomic E-state index is 11.8. The molecule has 0 unspecified atom stereocenters. The first kappa shape index (κ1) is 16.4. The summed E-state index contributed by atoms with van der Waals surface area (Å²) >= 11 is 1.55. The van der Waals surface area contributed by atoms with Gasteiger partial charge in [-0.2, -0.15) is 11.8 Å². The number of nitrogens with one attached hydrogen (secondary N) is 2. The lowest BCUT2D eigenvalue weighted by molar-refractivity contribution is -0.139. The summed E-state index contributed by atoms with van der Waals surface area (Å²) in [6.45, 7) is 3.94. The van der Waals surface area contributed by atoms with Gasteiger partial charge in [-0.05, 0) is 55.5 Å². The van der Waals surface area contributed by atoms with Crippen LogP contribution >= 0.6 is 11.8 Å². The van der Waals surface area contributed by atoms with E-state index in [1.54, 1.807) is 17.8 Å². The number of amides is 2. The van der Waals surface area contributed by atoms with E-state index in [2.05, 4.69) is 10.6 Å². The van der Waals surface area contributed by atoms with Gasteiger partial charge in [0, 0.05) is 5.69 Å². The fraction of sp³-hybridized carbons (Fsp3) is 0.429. The minimum atomic E-state index is -1.02. The molecule has 3 N–H and O–H groups in total. The normalized spacial score (nSPS) is 11.8. The van der Waals surface area contributed by atoms with Gasteiger partial charge < -0.3 is 15.7 Å². The van der Waals surface area contributed by atoms with Crippen LogP contribution in [0.15, 0.2) is 18.2 Å². The molecule has 20 heavy (non-hydrogen) atoms. The van der Waals surface area contributed by atoms with E-state index in [0.717, 1.165) is 11.1 Å². The molecule has 0 aromatic heterocycles. The van der Waals surface area contributed by atoms with Crippen molar-refractivity contribution in [1.29, 1.82) is 0 Å². The first-order valence-electron chi connectivity index (χ1n) is 6.30. The SMILES string of the molecule is CSCC[C@H](NC(=O)Nc1ccc(C)c(C)c1)C(=O)O. The van der Waals surface area contributed by atoms with Gasteiger partial charge in [0.25, 0.3) is 0 Å². The van der Waals surface area contributed by atoms with Crippen molar-refractivity contribution in [3.63, 3.8) is 0 Å². The number of urea groups is 1. The van der Waals surface area contributed by atoms with E-state index in [0.29, 0.717) is 17.9 Å². The Morgan fingerprint density at radius 2 is 2.00 bits per heavy atom. The summed E-state index contributed by atoms with van der Waals surface area (Å²) in [6.07, 6.45) is 2.30. The summed E-state index contributed by atoms with van der Waals surface area (Å²) in [5.41, 5.74) is 2.86. The summed E-state index contributed by atoms with van der Waals surface area (Å²) < 4.78 is 0. The highest BCUT2D eigenvalue weighted by molar-refractivity contribution is 7.98. The Morgan fingerprint density at radius 3 is 2.55 bits per heavy atom. The number of benzene rings is 1. The molecule has 0 spiro atoms. The number of hydrogen-bond acceptors (Lipinski definition) is 3. The average Bonchev–Trinajstić information content (AvgIpc) is 2.38. The Morgan fingerprint density at radius 1 is 1.30 bits per heavy atom. The van der Waals surface area contributed by atoms with E-state index in [1.165, 1.54) is 0 Å². The Hall–Kier alpha value is -1.69. The van der Waals surface area contributed by atoms with Gasteiger partial charge in [-0.3, -0.25) is 0 Å². The summed E-state index contributed by atoms with van der Waals surface area (Å²) in [5, 5.41) is 14.2. The lowest BCUT2D eigenvalue weighted by Gasteiger charge is -2.15. The number of carbonyl (C=O) groups is 2. The fourth-order valence-electron chi connectivity index (χ4n) is 1.64. The van der Waals surface area contributed by atoms with Crippen molar-refractivity contribution in [2.75, 3.05) is 17.3 Å². The van der Waals surface area contributed by atoms with Gasteiger partial charge in [0.15, 0.2) is 0 Å². The van der Waals surface area contributed by atoms with E-state index in [4.69, 9.17) is 5.11 Å². The van der Waals surface area contributed by atoms with Gasteiger partial charge in [0.1, 0.15) is 6.04 Å². The number of aryl methyl sites for hydroxylation is 2. The predicted octanol–water partition coefficient (Wildman–Crippen LogP) is 2.63. The molecule has 5 nitrogen and oxygen atoms in total. The molecule has 1 aromatic carbocycles. The molecular weight excluding hydrogens is 276 g/mol. The molecule has 0 bridgehead atoms. The van der Waals surface area contributed by atoms with Crippen LogP contribution in [-0.2, 0) is 4.79 Å². The van der Waals surface area contributed by atoms with Gasteiger partial charge in [0.05, 0.1) is 0 Å². The van der Waals surface area contributed by atoms with Gasteiger partial charge >= 0.3 is 12.0 Å². The van der Waals surface area contributed by atoms with Crippen molar-refractivity contribution < 1.29 is 14.7 Å². The molecule has 0 radical (unpaired) electrons. The average molecular weight is 296 g/mol. The Balaban J connectivity index is 2.60. The number of carboxylic acids is 1. The van der Waals surface area contributed by atoms with Crippen molar-refractivity contribution in [1.82, 2.24) is 5.32 Å². The number of thioether (sulfide) groups is 1. The summed E-state index contributed by atoms with van der Waals surface area (Å²) in [6, 6.07) is 4.19. The highest BCUT2D eigenvalue weighted by Gasteiger charge is 2.19. The van der Waals surface area contributed by atoms with E-state index in [9.17, 15) is 9.59 Å². The molecule has 0 aliphatic heterocycles. The number of rotatable bonds is 6. The molecule has 0 heterocycles. The minimum Gasteiger partial charge on any atom is -0.480 e. The summed E-state index contributed by atoms with van der Waals surface area (Å²) in [4.78, 5) is 22.8. The quantitative estimate of drug-likeness (QED) is 0.754. The van der Waals surface area contributed by atoms with Crippen LogP contribution in [0.2, 0.25) is 0 Å². The molecule has 0 aliphatic carbocycles. The molecule has 1 atom stereocenters. The van der Waals surface area contributed by atoms with Crippen molar-refractivity contribution in [3.8, 4) is 0 Å². The first-order chi connectivity index (χ1) is 9.43. The van der Waals surface area contributed by atoms with Gasteiger partial charge in [-0.1, -0.05) is 6.07 Å². The second-order valence-electron chi connectivity index (χ2n) is 4.57. The standard InChI is InChI=1S/C14H20N2O3S/c1-9-4-5-11(8-10(9)2)15-14(19)16-12(13(17)18)6-7-20-3/h4-5,8,12H,6-7H2,1-3H3,(H,17,18)(H2,15,16,19)/t12-/m0/s1. The number of carbonyl (C=O) groups excluding carboxylic acids is 1. The molecule has 0 saturated carbocycles. The van der Waals surface area contributed by atoms with Crippen LogP contribution in [0.25, 0.3) is 0 Å². The third-order valence-corrected chi connectivity index (χ3v) is 3.62. The molecule has 0 aliphatic rings. The van der Waals surface area contributed by atoms with Crippen molar-refractivity contribution in [2.45, 2.75) is 26.3 Å². The zero-order valence-corrected chi connectivity index (χ0v) is 12.7. The van der Waals surface area contributed by atoms with Crippen molar-refractivity contribution in [3.05, 3.63) is 29.3 Å². The number of carboxylic acid groups (broad SMARTS) is 1. The summed E-state index contributed by atoms with van der Waals surface area (Å²) in [5.74, 6) is -0.338. The molecule has 0 saturated heterocycles. The monoisotopic (exact) mass is 296 g/mol. The molecule has 1 aromatic rings. The number of anilines is 1. The van der Waals surface area contributed by atoms with Crippen LogP contribution in [0.3, 0.4) is 0 Å². The third-order valence-electron chi connectivity index (χ3n) is 2.98. The van der Waals surface area contributed by atoms with Crippen LogP contribution in [0.4, 0.5) is 10.5 Å². The number of hydrogen-bond donors (Lipinski definition) is 3. The Kier molecular flexibility index (Phi) is 6.38. The Bertz CT molecular complexity index is 491. The van der Waals surface area contributed by atoms with E-state index in [1.807, 2.05) is 32.2 Å². The van der Waals surface area contributed by atoms with E-state index < -0.39 is 18.0 Å². The summed E-state index contributed by atoms with van der Waals surface area (Å²) in [7, 11) is 0. The Labute approximate surface area is 123 Å². The zero-order chi connectivity index (χ0) is 15.1. The van der Waals surface area contributed by atoms with Gasteiger partial charge in [-0.15, -0.1) is 0 Å². The maximum absolute atomic E-state index is 11.8. The third kappa shape index (κ3) is 5.13. The molecule has 1 rings (SSSR count). The lowest BCUT2D eigenvalue weighted by Crippen LogP contribution is -2.43. The molecule has 2 amide bonds. The second-order valence-corrected chi connectivity index (χ2v) is 5.56. The highest BCUT2D eigenvalue weighted by atomic mass is 32.2. The van der Waals surface area contributed by atoms with Gasteiger partial charge in [0.2, 0.25) is 0 Å². The topological polar surface area (TPSA) is 78.4 Å².